The molecule has 45 heavy (non-hydrogen) atoms. The summed E-state index contributed by atoms with van der Waals surface area (Å²) in [4.78, 5) is 27.5. The summed E-state index contributed by atoms with van der Waals surface area (Å²) >= 11 is 12.3. The molecule has 0 aromatic heterocycles. The second-order valence-electron chi connectivity index (χ2n) is 11.8. The smallest absolute Gasteiger partial charge is 0.306 e. The zero-order valence-electron chi connectivity index (χ0n) is 23.8. The zero-order chi connectivity index (χ0) is 32.1. The molecule has 0 spiro atoms. The number of ether oxygens (including phenoxy) is 1. The van der Waals surface area contributed by atoms with E-state index >= 15 is 0 Å². The number of nitrogens with one attached hydrogen (secondary N) is 1. The summed E-state index contributed by atoms with van der Waals surface area (Å²) in [5.41, 5.74) is 0.921. The minimum Gasteiger partial charge on any atom is -0.481 e. The molecule has 0 radical (unpaired) electrons. The van der Waals surface area contributed by atoms with Crippen molar-refractivity contribution in [3.63, 3.8) is 0 Å². The maximum atomic E-state index is 14.9. The van der Waals surface area contributed by atoms with Gasteiger partial charge in [0.15, 0.2) is 0 Å². The molecule has 0 unspecified atom stereocenters. The Morgan fingerprint density at radius 2 is 1.76 bits per heavy atom. The molecular weight excluding hydrogens is 649 g/mol. The van der Waals surface area contributed by atoms with E-state index in [9.17, 15) is 31.9 Å². The summed E-state index contributed by atoms with van der Waals surface area (Å²) in [6.45, 7) is -0.219. The lowest BCUT2D eigenvalue weighted by Gasteiger charge is -2.48. The molecule has 3 aromatic carbocycles. The third-order valence-corrected chi connectivity index (χ3v) is 11.6. The van der Waals surface area contributed by atoms with Crippen LogP contribution < -0.4 is 4.72 Å². The monoisotopic (exact) mass is 678 g/mol. The van der Waals surface area contributed by atoms with Crippen LogP contribution in [0, 0.1) is 17.6 Å². The van der Waals surface area contributed by atoms with Gasteiger partial charge in [-0.05, 0) is 73.1 Å². The Morgan fingerprint density at radius 3 is 2.38 bits per heavy atom. The highest BCUT2D eigenvalue weighted by molar-refractivity contribution is 7.90. The number of nitrogens with zero attached hydrogens (tertiary/aromatic N) is 1. The Balaban J connectivity index is 1.42. The van der Waals surface area contributed by atoms with Gasteiger partial charge in [0.25, 0.3) is 5.91 Å². The summed E-state index contributed by atoms with van der Waals surface area (Å²) in [5.74, 6) is -3.42. The lowest BCUT2D eigenvalue weighted by Crippen LogP contribution is -2.58. The first kappa shape index (κ1) is 31.9. The van der Waals surface area contributed by atoms with Crippen molar-refractivity contribution in [3.8, 4) is 0 Å². The number of carbonyl (C=O) groups is 2. The average molecular weight is 680 g/mol. The third kappa shape index (κ3) is 6.20. The highest BCUT2D eigenvalue weighted by Gasteiger charge is 2.58. The number of carboxylic acid groups (broad SMARTS) is 1. The lowest BCUT2D eigenvalue weighted by atomic mass is 9.89. The van der Waals surface area contributed by atoms with Crippen molar-refractivity contribution < 1.29 is 36.6 Å². The second kappa shape index (κ2) is 12.3. The van der Waals surface area contributed by atoms with E-state index in [1.807, 2.05) is 0 Å². The van der Waals surface area contributed by atoms with Crippen molar-refractivity contribution in [2.24, 2.45) is 5.92 Å². The molecule has 1 saturated heterocycles. The Labute approximate surface area is 269 Å². The Bertz CT molecular complexity index is 1750. The van der Waals surface area contributed by atoms with Crippen LogP contribution in [-0.2, 0) is 29.1 Å². The topological polar surface area (TPSA) is 113 Å². The van der Waals surface area contributed by atoms with Gasteiger partial charge in [-0.2, -0.15) is 0 Å². The van der Waals surface area contributed by atoms with Crippen LogP contribution in [-0.4, -0.2) is 49.0 Å². The minimum absolute atomic E-state index is 0.0833. The van der Waals surface area contributed by atoms with Crippen LogP contribution in [0.2, 0.25) is 10.0 Å². The van der Waals surface area contributed by atoms with E-state index in [2.05, 4.69) is 4.72 Å². The number of hydrogen-bond donors (Lipinski definition) is 2. The summed E-state index contributed by atoms with van der Waals surface area (Å²) in [7, 11) is -4.13. The number of carboxylic acids is 1. The van der Waals surface area contributed by atoms with E-state index in [-0.39, 0.29) is 35.9 Å². The molecule has 2 saturated carbocycles. The first-order chi connectivity index (χ1) is 21.4. The van der Waals surface area contributed by atoms with Gasteiger partial charge in [0.1, 0.15) is 28.6 Å². The Hall–Kier alpha value is -3.09. The first-order valence-corrected chi connectivity index (χ1v) is 16.8. The fourth-order valence-corrected chi connectivity index (χ4v) is 8.41. The predicted molar refractivity (Wildman–Crippen MR) is 163 cm³/mol. The van der Waals surface area contributed by atoms with Crippen molar-refractivity contribution in [1.82, 2.24) is 9.62 Å². The largest absolute Gasteiger partial charge is 0.481 e. The van der Waals surface area contributed by atoms with Gasteiger partial charge in [0.2, 0.25) is 10.0 Å². The molecule has 1 amide bonds. The Morgan fingerprint density at radius 1 is 1.02 bits per heavy atom. The molecule has 13 heteroatoms. The molecule has 2 N–H and O–H groups in total. The molecule has 1 heterocycles. The van der Waals surface area contributed by atoms with Crippen molar-refractivity contribution in [2.75, 3.05) is 6.54 Å². The molecule has 3 aliphatic rings. The normalized spacial score (nSPS) is 23.5. The molecule has 6 rings (SSSR count). The lowest BCUT2D eigenvalue weighted by molar-refractivity contribution is -0.184. The highest BCUT2D eigenvalue weighted by Crippen LogP contribution is 2.53. The molecule has 1 aliphatic heterocycles. The fraction of sp³-hybridized carbons (Fsp3) is 0.375. The van der Waals surface area contributed by atoms with Crippen molar-refractivity contribution in [3.05, 3.63) is 105 Å². The number of halogens is 4. The number of sulfonamides is 1. The van der Waals surface area contributed by atoms with Gasteiger partial charge < -0.3 is 14.7 Å². The van der Waals surface area contributed by atoms with Crippen LogP contribution in [0.5, 0.6) is 0 Å². The highest BCUT2D eigenvalue weighted by atomic mass is 35.5. The van der Waals surface area contributed by atoms with E-state index in [0.717, 1.165) is 0 Å². The van der Waals surface area contributed by atoms with E-state index in [1.54, 1.807) is 36.4 Å². The van der Waals surface area contributed by atoms with Gasteiger partial charge in [-0.3, -0.25) is 9.59 Å². The average Bonchev–Trinajstić information content (AvgIpc) is 3.91. The van der Waals surface area contributed by atoms with Crippen LogP contribution >= 0.6 is 23.2 Å². The summed E-state index contributed by atoms with van der Waals surface area (Å²) in [5, 5.41) is 9.89. The van der Waals surface area contributed by atoms with Gasteiger partial charge in [-0.25, -0.2) is 21.9 Å². The van der Waals surface area contributed by atoms with Crippen molar-refractivity contribution >= 4 is 45.1 Å². The van der Waals surface area contributed by atoms with Crippen molar-refractivity contribution in [1.29, 1.82) is 0 Å². The standard InChI is InChI=1S/C32H30Cl2F2N2O6S/c33-21-5-3-4-20(14-21)30-29(19-10-11-23(34)25(36)15-19)38(31(41)27(44-30)16-28(39)40)26(18-8-9-18)17-37-45(42,43)32(12-13-32)22-6-1-2-7-24(22)35/h1-7,10-11,14-15,18,26-27,29-30,37H,8-9,12-13,16-17H2,(H,39,40)/t26-,27-,29-,30-/m1/s1. The van der Waals surface area contributed by atoms with E-state index in [0.29, 0.717) is 29.0 Å². The molecule has 3 fully saturated rings. The molecule has 8 nitrogen and oxygen atoms in total. The van der Waals surface area contributed by atoms with Gasteiger partial charge in [-0.1, -0.05) is 59.6 Å². The number of rotatable bonds is 11. The Kier molecular flexibility index (Phi) is 8.68. The number of aliphatic carboxylic acids is 1. The summed E-state index contributed by atoms with van der Waals surface area (Å²) < 4.78 is 64.7. The van der Waals surface area contributed by atoms with Crippen LogP contribution in [0.15, 0.2) is 66.7 Å². The molecule has 2 aliphatic carbocycles. The zero-order valence-corrected chi connectivity index (χ0v) is 26.2. The summed E-state index contributed by atoms with van der Waals surface area (Å²) in [6.07, 6.45) is -1.21. The second-order valence-corrected chi connectivity index (χ2v) is 14.7. The van der Waals surface area contributed by atoms with Crippen molar-refractivity contribution in [2.45, 2.75) is 61.1 Å². The number of benzene rings is 3. The predicted octanol–water partition coefficient (Wildman–Crippen LogP) is 6.14. The molecule has 3 aromatic rings. The van der Waals surface area contributed by atoms with E-state index < -0.39 is 69.0 Å². The quantitative estimate of drug-likeness (QED) is 0.252. The van der Waals surface area contributed by atoms with Gasteiger partial charge >= 0.3 is 5.97 Å². The van der Waals surface area contributed by atoms with Crippen LogP contribution in [0.4, 0.5) is 8.78 Å². The van der Waals surface area contributed by atoms with E-state index in [1.165, 1.54) is 35.2 Å². The number of carbonyl (C=O) groups excluding carboxylic acids is 1. The number of hydrogen-bond acceptors (Lipinski definition) is 5. The van der Waals surface area contributed by atoms with E-state index in [4.69, 9.17) is 27.9 Å². The van der Waals surface area contributed by atoms with Crippen LogP contribution in [0.25, 0.3) is 0 Å². The molecule has 0 bridgehead atoms. The summed E-state index contributed by atoms with van der Waals surface area (Å²) in [6, 6.07) is 14.8. The third-order valence-electron chi connectivity index (χ3n) is 8.84. The molecular formula is C32H30Cl2F2N2O6S. The molecule has 4 atom stereocenters. The van der Waals surface area contributed by atoms with Gasteiger partial charge in [0.05, 0.1) is 17.5 Å². The fourth-order valence-electron chi connectivity index (χ4n) is 6.33. The number of amides is 1. The maximum absolute atomic E-state index is 14.9. The maximum Gasteiger partial charge on any atom is 0.306 e. The molecule has 238 valence electrons. The number of morpholine rings is 1. The first-order valence-electron chi connectivity index (χ1n) is 14.6. The van der Waals surface area contributed by atoms with Gasteiger partial charge in [-0.15, -0.1) is 0 Å². The van der Waals surface area contributed by atoms with Crippen LogP contribution in [0.3, 0.4) is 0 Å². The van der Waals surface area contributed by atoms with Gasteiger partial charge in [0, 0.05) is 23.2 Å². The SMILES string of the molecule is O=C(O)C[C@H]1O[C@H](c2cccc(Cl)c2)[C@@H](c2ccc(Cl)c(F)c2)N([C@H](CNS(=O)(=O)C2(c3ccccc3F)CC2)C2CC2)C1=O. The minimum atomic E-state index is -4.13. The van der Waals surface area contributed by atoms with Crippen LogP contribution in [0.1, 0.15) is 60.9 Å².